The summed E-state index contributed by atoms with van der Waals surface area (Å²) in [5, 5.41) is 2.80. The van der Waals surface area contributed by atoms with Gasteiger partial charge in [-0.1, -0.05) is 32.4 Å². The van der Waals surface area contributed by atoms with Crippen LogP contribution in [0.15, 0.2) is 52.5 Å². The number of nitrogens with one attached hydrogen (secondary N) is 2. The molecule has 2 N–H and O–H groups in total. The molecule has 0 saturated heterocycles. The van der Waals surface area contributed by atoms with Crippen LogP contribution in [-0.2, 0) is 19.6 Å². The molecule has 1 amide bonds. The van der Waals surface area contributed by atoms with Gasteiger partial charge >= 0.3 is 0 Å². The van der Waals surface area contributed by atoms with Crippen molar-refractivity contribution < 1.29 is 22.7 Å². The number of hydrogen-bond donors (Lipinski definition) is 2. The fourth-order valence-corrected chi connectivity index (χ4v) is 4.26. The summed E-state index contributed by atoms with van der Waals surface area (Å²) < 4.78 is 37.5. The lowest BCUT2D eigenvalue weighted by Crippen LogP contribution is -2.34. The van der Waals surface area contributed by atoms with Gasteiger partial charge in [0, 0.05) is 18.7 Å². The van der Waals surface area contributed by atoms with Gasteiger partial charge in [0.05, 0.1) is 23.4 Å². The van der Waals surface area contributed by atoms with Crippen molar-refractivity contribution in [2.45, 2.75) is 31.2 Å². The Hall–Kier alpha value is -2.98. The molecule has 9 nitrogen and oxygen atoms in total. The van der Waals surface area contributed by atoms with E-state index >= 15 is 0 Å². The molecule has 0 fully saturated rings. The van der Waals surface area contributed by atoms with E-state index in [0.29, 0.717) is 36.8 Å². The largest absolute Gasteiger partial charge is 0.475 e. The van der Waals surface area contributed by atoms with Gasteiger partial charge in [-0.05, 0) is 24.1 Å². The van der Waals surface area contributed by atoms with Gasteiger partial charge in [-0.2, -0.15) is 0 Å². The highest BCUT2D eigenvalue weighted by molar-refractivity contribution is 7.90. The van der Waals surface area contributed by atoms with Crippen molar-refractivity contribution in [3.8, 4) is 5.88 Å². The summed E-state index contributed by atoms with van der Waals surface area (Å²) in [6.45, 7) is 4.67. The maximum Gasteiger partial charge on any atom is 0.263 e. The molecule has 0 unspecified atom stereocenters. The monoisotopic (exact) mass is 446 g/mol. The average molecular weight is 447 g/mol. The molecule has 3 rings (SSSR count). The van der Waals surface area contributed by atoms with Crippen molar-refractivity contribution >= 4 is 27.5 Å². The van der Waals surface area contributed by atoms with E-state index in [1.807, 2.05) is 13.8 Å². The number of benzene rings is 1. The molecular weight excluding hydrogens is 420 g/mol. The van der Waals surface area contributed by atoms with Crippen molar-refractivity contribution in [1.29, 1.82) is 0 Å². The summed E-state index contributed by atoms with van der Waals surface area (Å²) >= 11 is 0. The van der Waals surface area contributed by atoms with Crippen LogP contribution >= 0.6 is 0 Å². The first-order chi connectivity index (χ1) is 14.9. The minimum Gasteiger partial charge on any atom is -0.475 e. The van der Waals surface area contributed by atoms with Crippen LogP contribution in [0.1, 0.15) is 25.8 Å². The van der Waals surface area contributed by atoms with Gasteiger partial charge in [-0.3, -0.25) is 14.5 Å². The predicted molar refractivity (Wildman–Crippen MR) is 117 cm³/mol. The Kier molecular flexibility index (Phi) is 7.24. The summed E-state index contributed by atoms with van der Waals surface area (Å²) in [4.78, 5) is 21.8. The smallest absolute Gasteiger partial charge is 0.263 e. The van der Waals surface area contributed by atoms with Crippen LogP contribution < -0.4 is 14.8 Å². The van der Waals surface area contributed by atoms with Crippen molar-refractivity contribution in [3.63, 3.8) is 0 Å². The highest BCUT2D eigenvalue weighted by Crippen LogP contribution is 2.24. The molecule has 1 aliphatic heterocycles. The van der Waals surface area contributed by atoms with E-state index in [9.17, 15) is 13.2 Å². The Labute approximate surface area is 181 Å². The summed E-state index contributed by atoms with van der Waals surface area (Å²) in [6.07, 6.45) is 2.18. The molecule has 0 spiro atoms. The van der Waals surface area contributed by atoms with Crippen LogP contribution in [0.4, 0.5) is 5.69 Å². The molecule has 1 aromatic carbocycles. The first-order valence-electron chi connectivity index (χ1n) is 9.94. The van der Waals surface area contributed by atoms with Crippen LogP contribution in [-0.4, -0.2) is 51.5 Å². The maximum atomic E-state index is 13.0. The number of fused-ring (bicyclic) bond motifs is 1. The van der Waals surface area contributed by atoms with Crippen molar-refractivity contribution in [3.05, 3.63) is 48.2 Å². The van der Waals surface area contributed by atoms with Crippen molar-refractivity contribution in [2.24, 2.45) is 10.9 Å². The van der Waals surface area contributed by atoms with Crippen molar-refractivity contribution in [2.75, 3.05) is 25.6 Å². The van der Waals surface area contributed by atoms with E-state index in [-0.39, 0.29) is 22.6 Å². The minimum absolute atomic E-state index is 0.116. The number of amidine groups is 1. The lowest BCUT2D eigenvalue weighted by atomic mass is 9.98. The van der Waals surface area contributed by atoms with Crippen LogP contribution in [0.25, 0.3) is 0 Å². The van der Waals surface area contributed by atoms with Gasteiger partial charge in [0.15, 0.2) is 0 Å². The molecule has 1 aliphatic rings. The van der Waals surface area contributed by atoms with Crippen molar-refractivity contribution in [1.82, 2.24) is 9.71 Å². The van der Waals surface area contributed by atoms with E-state index < -0.39 is 16.1 Å². The zero-order valence-electron chi connectivity index (χ0n) is 17.7. The van der Waals surface area contributed by atoms with Crippen LogP contribution in [0.3, 0.4) is 0 Å². The molecule has 2 atom stereocenters. The molecule has 0 radical (unpaired) electrons. The minimum atomic E-state index is -3.68. The normalized spacial score (nSPS) is 17.5. The van der Waals surface area contributed by atoms with Gasteiger partial charge in [0.25, 0.3) is 10.0 Å². The number of carbonyl (C=O) groups is 1. The van der Waals surface area contributed by atoms with E-state index in [0.717, 1.165) is 0 Å². The molecular formula is C21H26N4O5S. The molecule has 31 heavy (non-hydrogen) atoms. The Bertz CT molecular complexity index is 1050. The van der Waals surface area contributed by atoms with Gasteiger partial charge in [-0.15, -0.1) is 0 Å². The zero-order chi connectivity index (χ0) is 22.4. The molecule has 0 aliphatic carbocycles. The second-order valence-electron chi connectivity index (χ2n) is 7.13. The number of aliphatic imine (C=N–C) groups is 1. The number of anilines is 1. The quantitative estimate of drug-likeness (QED) is 0.570. The predicted octanol–water partition coefficient (Wildman–Crippen LogP) is 2.20. The molecule has 1 aromatic heterocycles. The molecule has 0 bridgehead atoms. The van der Waals surface area contributed by atoms with E-state index in [2.05, 4.69) is 20.0 Å². The standard InChI is InChI=1S/C21H26N4O5S/c1-4-14(2)19(24-20-16-7-5-6-8-17(16)31(27,28)25-20)21(26)23-15-9-10-18(22-13-15)30-12-11-29-3/h5-10,13-14,19H,4,11-12H2,1-3H3,(H,23,26)(H,24,25)/t14-,19-/m0/s1. The lowest BCUT2D eigenvalue weighted by Gasteiger charge is -2.19. The number of pyridine rings is 1. The molecule has 2 aromatic rings. The third-order valence-corrected chi connectivity index (χ3v) is 6.32. The van der Waals surface area contributed by atoms with Gasteiger partial charge in [-0.25, -0.2) is 13.4 Å². The third kappa shape index (κ3) is 5.39. The zero-order valence-corrected chi connectivity index (χ0v) is 18.5. The fourth-order valence-electron chi connectivity index (χ4n) is 3.02. The lowest BCUT2D eigenvalue weighted by molar-refractivity contribution is -0.118. The number of sulfonamides is 1. The number of amides is 1. The van der Waals surface area contributed by atoms with Gasteiger partial charge < -0.3 is 14.8 Å². The van der Waals surface area contributed by atoms with E-state index in [4.69, 9.17) is 9.47 Å². The summed E-state index contributed by atoms with van der Waals surface area (Å²) in [6, 6.07) is 9.11. The fraction of sp³-hybridized carbons (Fsp3) is 0.381. The number of hydrogen-bond acceptors (Lipinski definition) is 7. The average Bonchev–Trinajstić information content (AvgIpc) is 3.03. The summed E-state index contributed by atoms with van der Waals surface area (Å²) in [5.41, 5.74) is 0.952. The van der Waals surface area contributed by atoms with E-state index in [1.165, 1.54) is 12.3 Å². The number of carbonyl (C=O) groups excluding carboxylic acids is 1. The Morgan fingerprint density at radius 3 is 2.68 bits per heavy atom. The second kappa shape index (κ2) is 9.88. The SMILES string of the molecule is CC[C@H](C)[C@H](N=C1NS(=O)(=O)c2ccccc21)C(=O)Nc1ccc(OCCOC)nc1. The number of methoxy groups -OCH3 is 1. The molecule has 166 valence electrons. The number of aromatic nitrogens is 1. The molecule has 0 saturated carbocycles. The highest BCUT2D eigenvalue weighted by atomic mass is 32.2. The molecule has 2 heterocycles. The second-order valence-corrected chi connectivity index (χ2v) is 8.78. The number of ether oxygens (including phenoxy) is 2. The Balaban J connectivity index is 1.79. The number of rotatable bonds is 9. The number of nitrogens with zero attached hydrogens (tertiary/aromatic N) is 2. The highest BCUT2D eigenvalue weighted by Gasteiger charge is 2.33. The van der Waals surface area contributed by atoms with Crippen LogP contribution in [0.2, 0.25) is 0 Å². The van der Waals surface area contributed by atoms with E-state index in [1.54, 1.807) is 37.4 Å². The summed E-state index contributed by atoms with van der Waals surface area (Å²) in [5.74, 6) is 0.136. The summed E-state index contributed by atoms with van der Waals surface area (Å²) in [7, 11) is -2.09. The van der Waals surface area contributed by atoms with Crippen LogP contribution in [0, 0.1) is 5.92 Å². The first kappa shape index (κ1) is 22.7. The van der Waals surface area contributed by atoms with Gasteiger partial charge in [0.1, 0.15) is 18.5 Å². The molecule has 10 heteroatoms. The van der Waals surface area contributed by atoms with Crippen LogP contribution in [0.5, 0.6) is 5.88 Å². The topological polar surface area (TPSA) is 119 Å². The van der Waals surface area contributed by atoms with Gasteiger partial charge in [0.2, 0.25) is 11.8 Å². The Morgan fingerprint density at radius 2 is 2.00 bits per heavy atom. The third-order valence-electron chi connectivity index (χ3n) is 4.92. The Morgan fingerprint density at radius 1 is 1.23 bits per heavy atom. The maximum absolute atomic E-state index is 13.0. The first-order valence-corrected chi connectivity index (χ1v) is 11.4.